The number of imide groups is 1. The highest BCUT2D eigenvalue weighted by Gasteiger charge is 2.28. The molecule has 5 nitrogen and oxygen atoms in total. The van der Waals surface area contributed by atoms with Gasteiger partial charge in [-0.3, -0.25) is 9.59 Å². The first kappa shape index (κ1) is 19.1. The predicted molar refractivity (Wildman–Crippen MR) is 104 cm³/mol. The smallest absolute Gasteiger partial charge is 0.231 e. The number of nitrogens with zero attached hydrogens (tertiary/aromatic N) is 3. The molecule has 28 heavy (non-hydrogen) atoms. The van der Waals surface area contributed by atoms with Crippen LogP contribution < -0.4 is 4.90 Å². The second-order valence-corrected chi connectivity index (χ2v) is 6.44. The minimum Gasteiger partial charge on any atom is -0.301 e. The van der Waals surface area contributed by atoms with Gasteiger partial charge in [-0.1, -0.05) is 29.8 Å². The van der Waals surface area contributed by atoms with Gasteiger partial charge in [-0.2, -0.15) is 5.26 Å². The summed E-state index contributed by atoms with van der Waals surface area (Å²) in [6.07, 6.45) is 1.69. The number of hydrogen-bond acceptors (Lipinski definition) is 3. The molecule has 0 saturated heterocycles. The third-order valence-corrected chi connectivity index (χ3v) is 4.40. The van der Waals surface area contributed by atoms with Gasteiger partial charge in [0, 0.05) is 31.3 Å². The first-order valence-electron chi connectivity index (χ1n) is 8.63. The lowest BCUT2D eigenvalue weighted by atomic mass is 10.0. The van der Waals surface area contributed by atoms with E-state index in [1.54, 1.807) is 10.8 Å². The fraction of sp³-hybridized carbons (Fsp3) is 0.136. The second kappa shape index (κ2) is 7.49. The van der Waals surface area contributed by atoms with Crippen LogP contribution in [0.5, 0.6) is 0 Å². The Balaban J connectivity index is 2.35. The second-order valence-electron chi connectivity index (χ2n) is 6.44. The molecule has 2 aromatic carbocycles. The maximum Gasteiger partial charge on any atom is 0.231 e. The molecule has 6 heteroatoms. The summed E-state index contributed by atoms with van der Waals surface area (Å²) in [7, 11) is 0. The van der Waals surface area contributed by atoms with E-state index in [0.717, 1.165) is 16.0 Å². The van der Waals surface area contributed by atoms with Crippen molar-refractivity contribution in [1.29, 1.82) is 5.26 Å². The van der Waals surface area contributed by atoms with Crippen LogP contribution in [-0.2, 0) is 9.59 Å². The van der Waals surface area contributed by atoms with Crippen LogP contribution in [0.3, 0.4) is 0 Å². The molecular weight excluding hydrogens is 357 g/mol. The normalized spacial score (nSPS) is 10.4. The summed E-state index contributed by atoms with van der Waals surface area (Å²) in [6.45, 7) is 4.48. The molecule has 1 aromatic heterocycles. The molecule has 0 N–H and O–H groups in total. The number of carbonyl (C=O) groups excluding carboxylic acids is 2. The van der Waals surface area contributed by atoms with Crippen molar-refractivity contribution < 1.29 is 14.0 Å². The Kier molecular flexibility index (Phi) is 5.10. The number of aromatic nitrogens is 1. The van der Waals surface area contributed by atoms with Crippen LogP contribution in [0.15, 0.2) is 54.7 Å². The molecule has 2 amide bonds. The van der Waals surface area contributed by atoms with Gasteiger partial charge in [0.15, 0.2) is 0 Å². The summed E-state index contributed by atoms with van der Waals surface area (Å²) in [4.78, 5) is 25.4. The fourth-order valence-corrected chi connectivity index (χ4v) is 3.10. The van der Waals surface area contributed by atoms with Crippen molar-refractivity contribution in [1.82, 2.24) is 4.57 Å². The Morgan fingerprint density at radius 1 is 1.00 bits per heavy atom. The molecule has 0 fully saturated rings. The minimum atomic E-state index is -0.513. The molecule has 0 aliphatic carbocycles. The van der Waals surface area contributed by atoms with Gasteiger partial charge in [-0.05, 0) is 36.8 Å². The number of anilines is 1. The predicted octanol–water partition coefficient (Wildman–Crippen LogP) is 4.36. The van der Waals surface area contributed by atoms with Crippen molar-refractivity contribution in [2.45, 2.75) is 20.8 Å². The topological polar surface area (TPSA) is 66.1 Å². The molecular formula is C22H18FN3O2. The molecule has 1 heterocycles. The number of nitriles is 1. The highest BCUT2D eigenvalue weighted by atomic mass is 19.1. The molecule has 3 rings (SSSR count). The van der Waals surface area contributed by atoms with Gasteiger partial charge >= 0.3 is 0 Å². The Labute approximate surface area is 162 Å². The summed E-state index contributed by atoms with van der Waals surface area (Å²) in [5.41, 5.74) is 3.14. The van der Waals surface area contributed by atoms with Gasteiger partial charge in [0.2, 0.25) is 11.8 Å². The van der Waals surface area contributed by atoms with E-state index in [1.165, 1.54) is 38.1 Å². The van der Waals surface area contributed by atoms with Gasteiger partial charge < -0.3 is 4.57 Å². The van der Waals surface area contributed by atoms with Crippen LogP contribution >= 0.6 is 0 Å². The molecule has 3 aromatic rings. The van der Waals surface area contributed by atoms with E-state index >= 15 is 0 Å². The van der Waals surface area contributed by atoms with Crippen molar-refractivity contribution in [3.05, 3.63) is 71.7 Å². The van der Waals surface area contributed by atoms with Crippen molar-refractivity contribution in [2.24, 2.45) is 0 Å². The molecule has 0 radical (unpaired) electrons. The van der Waals surface area contributed by atoms with E-state index in [4.69, 9.17) is 0 Å². The zero-order valence-corrected chi connectivity index (χ0v) is 15.7. The molecule has 140 valence electrons. The first-order valence-corrected chi connectivity index (χ1v) is 8.63. The van der Waals surface area contributed by atoms with Gasteiger partial charge in [0.05, 0.1) is 0 Å². The van der Waals surface area contributed by atoms with E-state index in [-0.39, 0.29) is 11.4 Å². The maximum atomic E-state index is 13.4. The lowest BCUT2D eigenvalue weighted by molar-refractivity contribution is -0.124. The van der Waals surface area contributed by atoms with Crippen molar-refractivity contribution in [3.63, 3.8) is 0 Å². The first-order chi connectivity index (χ1) is 13.3. The SMILES string of the molecule is CC(=O)N(C(C)=O)c1c(C#N)c(-c2ccc(C)cc2)cn1-c1ccc(F)cc1. The Hall–Kier alpha value is -3.72. The number of amides is 2. The zero-order valence-electron chi connectivity index (χ0n) is 15.7. The third kappa shape index (κ3) is 3.42. The monoisotopic (exact) mass is 375 g/mol. The summed E-state index contributed by atoms with van der Waals surface area (Å²) >= 11 is 0. The quantitative estimate of drug-likeness (QED) is 0.683. The zero-order chi connectivity index (χ0) is 20.4. The average Bonchev–Trinajstić information content (AvgIpc) is 3.01. The van der Waals surface area contributed by atoms with Crippen LogP contribution in [0, 0.1) is 24.1 Å². The maximum absolute atomic E-state index is 13.4. The molecule has 0 saturated carbocycles. The third-order valence-electron chi connectivity index (χ3n) is 4.40. The molecule has 0 bridgehead atoms. The molecule has 0 aliphatic heterocycles. The summed E-state index contributed by atoms with van der Waals surface area (Å²) in [6, 6.07) is 15.3. The minimum absolute atomic E-state index is 0.143. The highest BCUT2D eigenvalue weighted by molar-refractivity contribution is 6.14. The number of aryl methyl sites for hydroxylation is 1. The van der Waals surface area contributed by atoms with Crippen molar-refractivity contribution >= 4 is 17.6 Å². The van der Waals surface area contributed by atoms with Crippen LogP contribution in [0.4, 0.5) is 10.2 Å². The Bertz CT molecular complexity index is 1080. The summed E-state index contributed by atoms with van der Waals surface area (Å²) < 4.78 is 15.0. The van der Waals surface area contributed by atoms with Gasteiger partial charge in [0.25, 0.3) is 0 Å². The van der Waals surface area contributed by atoms with Gasteiger partial charge in [-0.25, -0.2) is 9.29 Å². The van der Waals surface area contributed by atoms with E-state index in [9.17, 15) is 19.2 Å². The molecule has 0 spiro atoms. The van der Waals surface area contributed by atoms with Crippen molar-refractivity contribution in [2.75, 3.05) is 4.90 Å². The van der Waals surface area contributed by atoms with Crippen molar-refractivity contribution in [3.8, 4) is 22.9 Å². The number of rotatable bonds is 3. The fourth-order valence-electron chi connectivity index (χ4n) is 3.10. The van der Waals surface area contributed by atoms with Gasteiger partial charge in [-0.15, -0.1) is 0 Å². The van der Waals surface area contributed by atoms with Crippen LogP contribution in [0.25, 0.3) is 16.8 Å². The number of benzene rings is 2. The summed E-state index contributed by atoms with van der Waals surface area (Å²) in [5.74, 6) is -1.29. The van der Waals surface area contributed by atoms with Gasteiger partial charge in [0.1, 0.15) is 23.3 Å². The van der Waals surface area contributed by atoms with Crippen LogP contribution in [-0.4, -0.2) is 16.4 Å². The lowest BCUT2D eigenvalue weighted by Crippen LogP contribution is -2.35. The standard InChI is InChI=1S/C22H18FN3O2/c1-14-4-6-17(7-5-14)21-13-25(19-10-8-18(23)9-11-19)22(20(21)12-24)26(15(2)27)16(3)28/h4-11,13H,1-3H3. The highest BCUT2D eigenvalue weighted by Crippen LogP contribution is 2.36. The number of carbonyl (C=O) groups is 2. The summed E-state index contributed by atoms with van der Waals surface area (Å²) in [5, 5.41) is 9.86. The Morgan fingerprint density at radius 2 is 1.57 bits per heavy atom. The molecule has 0 aliphatic rings. The van der Waals surface area contributed by atoms with E-state index in [0.29, 0.717) is 11.3 Å². The Morgan fingerprint density at radius 3 is 2.07 bits per heavy atom. The lowest BCUT2D eigenvalue weighted by Gasteiger charge is -2.20. The van der Waals surface area contributed by atoms with E-state index in [1.807, 2.05) is 31.2 Å². The van der Waals surface area contributed by atoms with Crippen LogP contribution in [0.1, 0.15) is 25.0 Å². The van der Waals surface area contributed by atoms with E-state index in [2.05, 4.69) is 6.07 Å². The largest absolute Gasteiger partial charge is 0.301 e. The molecule has 0 atom stereocenters. The number of halogens is 1. The van der Waals surface area contributed by atoms with Crippen LogP contribution in [0.2, 0.25) is 0 Å². The number of hydrogen-bond donors (Lipinski definition) is 0. The average molecular weight is 375 g/mol. The molecule has 0 unspecified atom stereocenters. The van der Waals surface area contributed by atoms with E-state index < -0.39 is 17.6 Å².